The van der Waals surface area contributed by atoms with Gasteiger partial charge >= 0.3 is 0 Å². The minimum absolute atomic E-state index is 0.182. The molecular weight excluding hydrogens is 438 g/mol. The summed E-state index contributed by atoms with van der Waals surface area (Å²) < 4.78 is 7.70. The maximum Gasteiger partial charge on any atom is 0.255 e. The lowest BCUT2D eigenvalue weighted by Gasteiger charge is -2.29. The number of carbonyl (C=O) groups is 1. The predicted octanol–water partition coefficient (Wildman–Crippen LogP) is 5.14. The summed E-state index contributed by atoms with van der Waals surface area (Å²) >= 11 is 0. The third-order valence-corrected chi connectivity index (χ3v) is 6.13. The summed E-state index contributed by atoms with van der Waals surface area (Å²) in [7, 11) is 0. The average molecular weight is 466 g/mol. The third-order valence-electron chi connectivity index (χ3n) is 6.13. The Balaban J connectivity index is 1.38. The Morgan fingerprint density at radius 3 is 2.51 bits per heavy atom. The molecule has 176 valence electrons. The van der Waals surface area contributed by atoms with Crippen LogP contribution in [0.5, 0.6) is 5.75 Å². The first kappa shape index (κ1) is 22.4. The molecule has 2 heterocycles. The fraction of sp³-hybridized carbons (Fsp3) is 0.179. The van der Waals surface area contributed by atoms with Gasteiger partial charge in [-0.25, -0.2) is 4.68 Å². The van der Waals surface area contributed by atoms with Crippen LogP contribution in [0.2, 0.25) is 0 Å². The average Bonchev–Trinajstić information content (AvgIpc) is 3.34. The fourth-order valence-corrected chi connectivity index (χ4v) is 4.27. The van der Waals surface area contributed by atoms with E-state index in [9.17, 15) is 4.79 Å². The van der Waals surface area contributed by atoms with Gasteiger partial charge < -0.3 is 15.4 Å². The Hall–Kier alpha value is -4.39. The van der Waals surface area contributed by atoms with Crippen LogP contribution in [0.4, 0.5) is 11.6 Å². The summed E-state index contributed by atoms with van der Waals surface area (Å²) in [5.41, 5.74) is 5.26. The number of benzene rings is 3. The van der Waals surface area contributed by atoms with Crippen LogP contribution in [0.25, 0.3) is 0 Å². The van der Waals surface area contributed by atoms with Crippen LogP contribution >= 0.6 is 0 Å². The van der Waals surface area contributed by atoms with Gasteiger partial charge in [-0.1, -0.05) is 60.7 Å². The van der Waals surface area contributed by atoms with Crippen LogP contribution in [-0.2, 0) is 11.2 Å². The van der Waals surface area contributed by atoms with Crippen molar-refractivity contribution >= 4 is 17.5 Å². The lowest BCUT2D eigenvalue weighted by atomic mass is 9.95. The van der Waals surface area contributed by atoms with Gasteiger partial charge in [-0.15, -0.1) is 0 Å². The van der Waals surface area contributed by atoms with Gasteiger partial charge in [0.2, 0.25) is 5.95 Å². The molecule has 1 aliphatic heterocycles. The standard InChI is InChI=1S/C28H27N5O2/c1-19-8-6-7-11-24(19)32-27(34)25-20(2)31-28-29-18-30-33(28)26(25)22-12-14-23(15-13-22)35-17-16-21-9-4-3-5-10-21/h3-15,18,26H,16-17H2,1-2H3,(H,32,34)(H,29,30,31). The Bertz CT molecular complexity index is 1360. The maximum absolute atomic E-state index is 13.5. The van der Waals surface area contributed by atoms with E-state index < -0.39 is 6.04 Å². The lowest BCUT2D eigenvalue weighted by molar-refractivity contribution is -0.113. The number of para-hydroxylation sites is 1. The second-order valence-corrected chi connectivity index (χ2v) is 8.52. The van der Waals surface area contributed by atoms with E-state index >= 15 is 0 Å². The first-order valence-corrected chi connectivity index (χ1v) is 11.6. The quantitative estimate of drug-likeness (QED) is 0.395. The SMILES string of the molecule is CC1=C(C(=O)Nc2ccccc2C)C(c2ccc(OCCc3ccccc3)cc2)n2ncnc2N1. The Kier molecular flexibility index (Phi) is 6.30. The normalized spacial score (nSPS) is 14.7. The molecule has 0 bridgehead atoms. The molecule has 0 aliphatic carbocycles. The van der Waals surface area contributed by atoms with Gasteiger partial charge in [0.1, 0.15) is 18.1 Å². The number of anilines is 2. The summed E-state index contributed by atoms with van der Waals surface area (Å²) in [6.07, 6.45) is 2.33. The molecule has 1 atom stereocenters. The largest absolute Gasteiger partial charge is 0.493 e. The van der Waals surface area contributed by atoms with Crippen molar-refractivity contribution < 1.29 is 9.53 Å². The van der Waals surface area contributed by atoms with Crippen molar-refractivity contribution in [3.63, 3.8) is 0 Å². The van der Waals surface area contributed by atoms with Crippen molar-refractivity contribution in [2.75, 3.05) is 17.2 Å². The Morgan fingerprint density at radius 1 is 1.00 bits per heavy atom. The number of hydrogen-bond acceptors (Lipinski definition) is 5. The number of ether oxygens (including phenoxy) is 1. The summed E-state index contributed by atoms with van der Waals surface area (Å²) in [5.74, 6) is 1.20. The Labute approximate surface area is 204 Å². The lowest BCUT2D eigenvalue weighted by Crippen LogP contribution is -2.31. The zero-order chi connectivity index (χ0) is 24.2. The summed E-state index contributed by atoms with van der Waals surface area (Å²) in [6.45, 7) is 4.45. The number of hydrogen-bond donors (Lipinski definition) is 2. The molecule has 4 aromatic rings. The summed E-state index contributed by atoms with van der Waals surface area (Å²) in [6, 6.07) is 25.4. The molecule has 5 rings (SSSR count). The minimum Gasteiger partial charge on any atom is -0.493 e. The van der Waals surface area contributed by atoms with E-state index in [1.54, 1.807) is 4.68 Å². The number of aryl methyl sites for hydroxylation is 1. The minimum atomic E-state index is -0.420. The summed E-state index contributed by atoms with van der Waals surface area (Å²) in [4.78, 5) is 17.8. The highest BCUT2D eigenvalue weighted by atomic mass is 16.5. The maximum atomic E-state index is 13.5. The molecule has 0 fully saturated rings. The van der Waals surface area contributed by atoms with Crippen LogP contribution in [0.3, 0.4) is 0 Å². The third kappa shape index (κ3) is 4.80. The number of fused-ring (bicyclic) bond motifs is 1. The van der Waals surface area contributed by atoms with E-state index in [1.165, 1.54) is 11.9 Å². The zero-order valence-electron chi connectivity index (χ0n) is 19.7. The molecular formula is C28H27N5O2. The number of nitrogens with one attached hydrogen (secondary N) is 2. The number of amides is 1. The molecule has 1 aromatic heterocycles. The van der Waals surface area contributed by atoms with Gasteiger partial charge in [-0.2, -0.15) is 10.1 Å². The van der Waals surface area contributed by atoms with Gasteiger partial charge in [0, 0.05) is 17.8 Å². The van der Waals surface area contributed by atoms with Crippen molar-refractivity contribution in [2.45, 2.75) is 26.3 Å². The van der Waals surface area contributed by atoms with Gasteiger partial charge in [-0.05, 0) is 48.7 Å². The number of aromatic nitrogens is 3. The van der Waals surface area contributed by atoms with Crippen molar-refractivity contribution in [2.24, 2.45) is 0 Å². The van der Waals surface area contributed by atoms with Crippen LogP contribution in [-0.4, -0.2) is 27.3 Å². The van der Waals surface area contributed by atoms with Crippen LogP contribution < -0.4 is 15.4 Å². The van der Waals surface area contributed by atoms with Crippen molar-refractivity contribution in [1.29, 1.82) is 0 Å². The summed E-state index contributed by atoms with van der Waals surface area (Å²) in [5, 5.41) is 10.7. The van der Waals surface area contributed by atoms with E-state index in [-0.39, 0.29) is 5.91 Å². The molecule has 1 unspecified atom stereocenters. The molecule has 0 radical (unpaired) electrons. The van der Waals surface area contributed by atoms with Gasteiger partial charge in [0.15, 0.2) is 0 Å². The fourth-order valence-electron chi connectivity index (χ4n) is 4.27. The molecule has 1 amide bonds. The molecule has 0 spiro atoms. The first-order valence-electron chi connectivity index (χ1n) is 11.6. The number of carbonyl (C=O) groups excluding carboxylic acids is 1. The van der Waals surface area contributed by atoms with Crippen molar-refractivity contribution in [3.05, 3.63) is 113 Å². The van der Waals surface area contributed by atoms with Crippen molar-refractivity contribution in [1.82, 2.24) is 14.8 Å². The van der Waals surface area contributed by atoms with Crippen molar-refractivity contribution in [3.8, 4) is 5.75 Å². The van der Waals surface area contributed by atoms with Crippen LogP contribution in [0.15, 0.2) is 96.5 Å². The second kappa shape index (κ2) is 9.85. The number of nitrogens with zero attached hydrogens (tertiary/aromatic N) is 3. The molecule has 2 N–H and O–H groups in total. The van der Waals surface area contributed by atoms with Gasteiger partial charge in [0.05, 0.1) is 12.2 Å². The van der Waals surface area contributed by atoms with Gasteiger partial charge in [-0.3, -0.25) is 4.79 Å². The van der Waals surface area contributed by atoms with E-state index in [4.69, 9.17) is 4.74 Å². The first-order chi connectivity index (χ1) is 17.1. The molecule has 0 saturated carbocycles. The monoisotopic (exact) mass is 465 g/mol. The topological polar surface area (TPSA) is 81.1 Å². The molecule has 3 aromatic carbocycles. The smallest absolute Gasteiger partial charge is 0.255 e. The highest BCUT2D eigenvalue weighted by Gasteiger charge is 2.33. The highest BCUT2D eigenvalue weighted by molar-refractivity contribution is 6.06. The van der Waals surface area contributed by atoms with E-state index in [2.05, 4.69) is 32.8 Å². The molecule has 0 saturated heterocycles. The predicted molar refractivity (Wildman–Crippen MR) is 136 cm³/mol. The number of rotatable bonds is 7. The molecule has 7 nitrogen and oxygen atoms in total. The second-order valence-electron chi connectivity index (χ2n) is 8.52. The van der Waals surface area contributed by atoms with E-state index in [1.807, 2.05) is 80.6 Å². The zero-order valence-corrected chi connectivity index (χ0v) is 19.7. The highest BCUT2D eigenvalue weighted by Crippen LogP contribution is 2.36. The number of allylic oxidation sites excluding steroid dienone is 1. The van der Waals surface area contributed by atoms with Crippen LogP contribution in [0, 0.1) is 6.92 Å². The molecule has 1 aliphatic rings. The van der Waals surface area contributed by atoms with E-state index in [0.29, 0.717) is 18.1 Å². The molecule has 35 heavy (non-hydrogen) atoms. The Morgan fingerprint density at radius 2 is 1.74 bits per heavy atom. The van der Waals surface area contributed by atoms with Gasteiger partial charge in [0.25, 0.3) is 5.91 Å². The van der Waals surface area contributed by atoms with E-state index in [0.717, 1.165) is 34.7 Å². The van der Waals surface area contributed by atoms with Crippen LogP contribution in [0.1, 0.15) is 29.7 Å². The molecule has 7 heteroatoms.